The number of hydrogen-bond donors (Lipinski definition) is 0. The molecular weight excluding hydrogens is 272 g/mol. The lowest BCUT2D eigenvalue weighted by atomic mass is 10.2. The number of aromatic nitrogens is 2. The van der Waals surface area contributed by atoms with Crippen molar-refractivity contribution in [3.8, 4) is 12.1 Å². The number of rotatable bonds is 3. The van der Waals surface area contributed by atoms with Crippen molar-refractivity contribution in [1.29, 1.82) is 10.5 Å². The highest BCUT2D eigenvalue weighted by molar-refractivity contribution is 6.31. The van der Waals surface area contributed by atoms with Crippen LogP contribution in [0.2, 0.25) is 5.15 Å². The van der Waals surface area contributed by atoms with Crippen LogP contribution in [0.1, 0.15) is 16.8 Å². The van der Waals surface area contributed by atoms with Crippen molar-refractivity contribution in [2.45, 2.75) is 13.5 Å². The fourth-order valence-corrected chi connectivity index (χ4v) is 2.12. The molecule has 4 nitrogen and oxygen atoms in total. The van der Waals surface area contributed by atoms with Crippen LogP contribution in [-0.2, 0) is 6.54 Å². The van der Waals surface area contributed by atoms with Crippen molar-refractivity contribution in [3.05, 3.63) is 57.9 Å². The van der Waals surface area contributed by atoms with Gasteiger partial charge in [-0.2, -0.15) is 15.6 Å². The summed E-state index contributed by atoms with van der Waals surface area (Å²) in [5, 5.41) is 22.4. The second kappa shape index (κ2) is 6.06. The number of allylic oxidation sites excluding steroid dienone is 1. The third-order valence-electron chi connectivity index (χ3n) is 2.81. The highest BCUT2D eigenvalue weighted by Crippen LogP contribution is 2.23. The van der Waals surface area contributed by atoms with E-state index in [1.165, 1.54) is 6.08 Å². The molecule has 0 saturated carbocycles. The molecule has 5 heteroatoms. The SMILES string of the molecule is Cc1nn(Cc2ccccc2)c(Cl)c1C=C(C#N)C#N. The zero-order valence-corrected chi connectivity index (χ0v) is 11.6. The number of aryl methyl sites for hydroxylation is 1. The second-order valence-electron chi connectivity index (χ2n) is 4.21. The van der Waals surface area contributed by atoms with Gasteiger partial charge >= 0.3 is 0 Å². The van der Waals surface area contributed by atoms with E-state index in [2.05, 4.69) is 5.10 Å². The van der Waals surface area contributed by atoms with Crippen molar-refractivity contribution in [2.75, 3.05) is 0 Å². The summed E-state index contributed by atoms with van der Waals surface area (Å²) in [5.74, 6) is 0. The van der Waals surface area contributed by atoms with E-state index in [9.17, 15) is 0 Å². The Bertz CT molecular complexity index is 714. The van der Waals surface area contributed by atoms with Gasteiger partial charge in [-0.15, -0.1) is 0 Å². The maximum atomic E-state index is 8.80. The Labute approximate surface area is 122 Å². The van der Waals surface area contributed by atoms with Crippen LogP contribution in [0.3, 0.4) is 0 Å². The average molecular weight is 283 g/mol. The molecule has 20 heavy (non-hydrogen) atoms. The summed E-state index contributed by atoms with van der Waals surface area (Å²) < 4.78 is 1.66. The third-order valence-corrected chi connectivity index (χ3v) is 3.21. The van der Waals surface area contributed by atoms with Gasteiger partial charge in [-0.25, -0.2) is 4.68 Å². The largest absolute Gasteiger partial charge is 0.249 e. The third kappa shape index (κ3) is 2.88. The maximum absolute atomic E-state index is 8.80. The number of nitrogens with zero attached hydrogens (tertiary/aromatic N) is 4. The van der Waals surface area contributed by atoms with Gasteiger partial charge in [0.1, 0.15) is 22.9 Å². The van der Waals surface area contributed by atoms with Gasteiger partial charge in [-0.05, 0) is 18.6 Å². The summed E-state index contributed by atoms with van der Waals surface area (Å²) in [4.78, 5) is 0. The molecule has 1 aromatic carbocycles. The van der Waals surface area contributed by atoms with Crippen molar-refractivity contribution >= 4 is 17.7 Å². The molecular formula is C15H11ClN4. The molecule has 0 bridgehead atoms. The van der Waals surface area contributed by atoms with E-state index in [0.717, 1.165) is 5.56 Å². The predicted octanol–water partition coefficient (Wildman–Crippen LogP) is 3.32. The second-order valence-corrected chi connectivity index (χ2v) is 4.57. The molecule has 1 heterocycles. The van der Waals surface area contributed by atoms with Crippen LogP contribution < -0.4 is 0 Å². The number of nitriles is 2. The van der Waals surface area contributed by atoms with Gasteiger partial charge in [0.25, 0.3) is 0 Å². The molecule has 98 valence electrons. The van der Waals surface area contributed by atoms with Crippen molar-refractivity contribution < 1.29 is 0 Å². The van der Waals surface area contributed by atoms with Gasteiger partial charge < -0.3 is 0 Å². The van der Waals surface area contributed by atoms with Gasteiger partial charge in [-0.1, -0.05) is 41.9 Å². The van der Waals surface area contributed by atoms with Crippen LogP contribution >= 0.6 is 11.6 Å². The van der Waals surface area contributed by atoms with Gasteiger partial charge in [0.05, 0.1) is 12.2 Å². The van der Waals surface area contributed by atoms with Crippen LogP contribution in [0.4, 0.5) is 0 Å². The Balaban J connectivity index is 2.38. The molecule has 0 aliphatic rings. The summed E-state index contributed by atoms with van der Waals surface area (Å²) >= 11 is 6.27. The lowest BCUT2D eigenvalue weighted by Crippen LogP contribution is -2.01. The Morgan fingerprint density at radius 3 is 2.55 bits per heavy atom. The van der Waals surface area contributed by atoms with E-state index in [4.69, 9.17) is 22.1 Å². The quantitative estimate of drug-likeness (QED) is 0.811. The predicted molar refractivity (Wildman–Crippen MR) is 76.7 cm³/mol. The lowest BCUT2D eigenvalue weighted by molar-refractivity contribution is 0.680. The zero-order valence-electron chi connectivity index (χ0n) is 10.8. The molecule has 0 spiro atoms. The van der Waals surface area contributed by atoms with Crippen molar-refractivity contribution in [3.63, 3.8) is 0 Å². The van der Waals surface area contributed by atoms with Crippen LogP contribution in [0, 0.1) is 29.6 Å². The number of hydrogen-bond acceptors (Lipinski definition) is 3. The first kappa shape index (κ1) is 13.9. The minimum absolute atomic E-state index is 0.00858. The highest BCUT2D eigenvalue weighted by Gasteiger charge is 2.12. The topological polar surface area (TPSA) is 65.4 Å². The molecule has 2 rings (SSSR count). The fraction of sp³-hybridized carbons (Fsp3) is 0.133. The Kier molecular flexibility index (Phi) is 4.20. The summed E-state index contributed by atoms with van der Waals surface area (Å²) in [6.07, 6.45) is 1.46. The number of benzene rings is 1. The summed E-state index contributed by atoms with van der Waals surface area (Å²) in [5.41, 5.74) is 2.39. The molecule has 0 fully saturated rings. The summed E-state index contributed by atoms with van der Waals surface area (Å²) in [6, 6.07) is 13.4. The first-order valence-electron chi connectivity index (χ1n) is 5.94. The summed E-state index contributed by atoms with van der Waals surface area (Å²) in [7, 11) is 0. The molecule has 0 unspecified atom stereocenters. The molecule has 0 atom stereocenters. The van der Waals surface area contributed by atoms with E-state index in [0.29, 0.717) is 23.0 Å². The lowest BCUT2D eigenvalue weighted by Gasteiger charge is -2.03. The molecule has 0 radical (unpaired) electrons. The standard InChI is InChI=1S/C15H11ClN4/c1-11-14(7-13(8-17)9-18)15(16)20(19-11)10-12-5-3-2-4-6-12/h2-7H,10H2,1H3. The van der Waals surface area contributed by atoms with E-state index >= 15 is 0 Å². The van der Waals surface area contributed by atoms with E-state index in [1.54, 1.807) is 11.6 Å². The van der Waals surface area contributed by atoms with Gasteiger partial charge in [0.2, 0.25) is 0 Å². The van der Waals surface area contributed by atoms with E-state index in [1.807, 2.05) is 42.5 Å². The van der Waals surface area contributed by atoms with Crippen LogP contribution in [0.15, 0.2) is 35.9 Å². The maximum Gasteiger partial charge on any atom is 0.134 e. The van der Waals surface area contributed by atoms with E-state index in [-0.39, 0.29) is 5.57 Å². The van der Waals surface area contributed by atoms with Crippen LogP contribution in [0.25, 0.3) is 6.08 Å². The molecule has 0 aliphatic carbocycles. The highest BCUT2D eigenvalue weighted by atomic mass is 35.5. The molecule has 0 saturated heterocycles. The first-order valence-corrected chi connectivity index (χ1v) is 6.32. The molecule has 1 aromatic heterocycles. The summed E-state index contributed by atoms with van der Waals surface area (Å²) in [6.45, 7) is 2.34. The van der Waals surface area contributed by atoms with Gasteiger partial charge in [0.15, 0.2) is 0 Å². The Morgan fingerprint density at radius 2 is 1.95 bits per heavy atom. The fourth-order valence-electron chi connectivity index (χ4n) is 1.83. The van der Waals surface area contributed by atoms with Crippen LogP contribution in [-0.4, -0.2) is 9.78 Å². The molecule has 0 aliphatic heterocycles. The molecule has 2 aromatic rings. The Hall–Kier alpha value is -2.56. The smallest absolute Gasteiger partial charge is 0.134 e. The minimum atomic E-state index is 0.00858. The van der Waals surface area contributed by atoms with E-state index < -0.39 is 0 Å². The molecule has 0 N–H and O–H groups in total. The van der Waals surface area contributed by atoms with Crippen molar-refractivity contribution in [2.24, 2.45) is 0 Å². The Morgan fingerprint density at radius 1 is 1.30 bits per heavy atom. The zero-order chi connectivity index (χ0) is 14.5. The minimum Gasteiger partial charge on any atom is -0.249 e. The van der Waals surface area contributed by atoms with Gasteiger partial charge in [0, 0.05) is 5.56 Å². The van der Waals surface area contributed by atoms with Crippen LogP contribution in [0.5, 0.6) is 0 Å². The monoisotopic (exact) mass is 282 g/mol. The van der Waals surface area contributed by atoms with Crippen molar-refractivity contribution in [1.82, 2.24) is 9.78 Å². The molecule has 0 amide bonds. The first-order chi connectivity index (χ1) is 9.65. The van der Waals surface area contributed by atoms with Gasteiger partial charge in [-0.3, -0.25) is 0 Å². The normalized spacial score (nSPS) is 9.60. The average Bonchev–Trinajstić information content (AvgIpc) is 2.72. The number of halogens is 1.